The molecule has 5 heteroatoms. The average molecular weight is 388 g/mol. The Balaban J connectivity index is 1.68. The fraction of sp³-hybridized carbons (Fsp3) is 0.333. The second kappa shape index (κ2) is 8.62. The number of aromatic nitrogens is 2. The van der Waals surface area contributed by atoms with Gasteiger partial charge in [-0.05, 0) is 43.7 Å². The van der Waals surface area contributed by atoms with Crippen molar-refractivity contribution >= 4 is 17.5 Å². The van der Waals surface area contributed by atoms with Crippen molar-refractivity contribution in [3.63, 3.8) is 0 Å². The number of anilines is 3. The van der Waals surface area contributed by atoms with Crippen molar-refractivity contribution in [2.45, 2.75) is 20.8 Å². The number of nitrogens with one attached hydrogen (secondary N) is 1. The summed E-state index contributed by atoms with van der Waals surface area (Å²) in [6, 6.07) is 18.9. The third-order valence-electron chi connectivity index (χ3n) is 5.40. The molecular weight excluding hydrogens is 358 g/mol. The zero-order chi connectivity index (χ0) is 20.2. The summed E-state index contributed by atoms with van der Waals surface area (Å²) >= 11 is 0. The Kier molecular flexibility index (Phi) is 5.76. The van der Waals surface area contributed by atoms with E-state index < -0.39 is 0 Å². The van der Waals surface area contributed by atoms with Crippen molar-refractivity contribution in [1.29, 1.82) is 0 Å². The lowest BCUT2D eigenvalue weighted by Gasteiger charge is -2.35. The van der Waals surface area contributed by atoms with Crippen LogP contribution in [0.25, 0.3) is 11.3 Å². The van der Waals surface area contributed by atoms with Crippen LogP contribution in [0.3, 0.4) is 0 Å². The fourth-order valence-corrected chi connectivity index (χ4v) is 3.88. The maximum absolute atomic E-state index is 4.87. The van der Waals surface area contributed by atoms with Gasteiger partial charge in [-0.2, -0.15) is 4.98 Å². The van der Waals surface area contributed by atoms with Crippen LogP contribution in [-0.2, 0) is 0 Å². The first kappa shape index (κ1) is 19.4. The molecule has 2 aromatic carbocycles. The van der Waals surface area contributed by atoms with Gasteiger partial charge in [-0.3, -0.25) is 0 Å². The molecule has 0 bridgehead atoms. The van der Waals surface area contributed by atoms with Crippen molar-refractivity contribution in [3.05, 3.63) is 65.7 Å². The predicted molar refractivity (Wildman–Crippen MR) is 121 cm³/mol. The summed E-state index contributed by atoms with van der Waals surface area (Å²) in [6.45, 7) is 11.7. The zero-order valence-corrected chi connectivity index (χ0v) is 17.5. The molecule has 29 heavy (non-hydrogen) atoms. The van der Waals surface area contributed by atoms with Gasteiger partial charge in [0.15, 0.2) is 0 Å². The predicted octanol–water partition coefficient (Wildman–Crippen LogP) is 4.65. The smallest absolute Gasteiger partial charge is 0.229 e. The van der Waals surface area contributed by atoms with E-state index in [0.29, 0.717) is 5.95 Å². The van der Waals surface area contributed by atoms with Crippen molar-refractivity contribution in [1.82, 2.24) is 14.9 Å². The monoisotopic (exact) mass is 387 g/mol. The van der Waals surface area contributed by atoms with Crippen LogP contribution in [0.1, 0.15) is 18.1 Å². The summed E-state index contributed by atoms with van der Waals surface area (Å²) in [4.78, 5) is 14.5. The number of hydrogen-bond acceptors (Lipinski definition) is 5. The molecule has 0 atom stereocenters. The minimum absolute atomic E-state index is 0.643. The van der Waals surface area contributed by atoms with E-state index in [1.165, 1.54) is 11.1 Å². The van der Waals surface area contributed by atoms with Crippen LogP contribution in [-0.4, -0.2) is 47.6 Å². The molecule has 0 spiro atoms. The molecule has 1 saturated heterocycles. The first-order chi connectivity index (χ1) is 14.1. The van der Waals surface area contributed by atoms with Gasteiger partial charge in [0.1, 0.15) is 5.82 Å². The van der Waals surface area contributed by atoms with E-state index in [1.807, 2.05) is 18.2 Å². The average Bonchev–Trinajstić information content (AvgIpc) is 2.73. The molecule has 1 aromatic heterocycles. The summed E-state index contributed by atoms with van der Waals surface area (Å²) in [5, 5.41) is 3.44. The summed E-state index contributed by atoms with van der Waals surface area (Å²) in [5.41, 5.74) is 5.52. The van der Waals surface area contributed by atoms with Crippen LogP contribution in [0.4, 0.5) is 17.5 Å². The number of aryl methyl sites for hydroxylation is 2. The third kappa shape index (κ3) is 4.74. The number of rotatable bonds is 5. The quantitative estimate of drug-likeness (QED) is 0.691. The topological polar surface area (TPSA) is 44.3 Å². The second-order valence-electron chi connectivity index (χ2n) is 7.72. The first-order valence-corrected chi connectivity index (χ1v) is 10.4. The Morgan fingerprint density at radius 2 is 1.55 bits per heavy atom. The van der Waals surface area contributed by atoms with Gasteiger partial charge in [-0.1, -0.05) is 43.3 Å². The molecule has 0 unspecified atom stereocenters. The van der Waals surface area contributed by atoms with Gasteiger partial charge in [0.25, 0.3) is 0 Å². The lowest BCUT2D eigenvalue weighted by Crippen LogP contribution is -2.46. The standard InChI is InChI=1S/C24H29N5/c1-4-28-10-12-29(13-11-28)23-17-22(20-8-6-5-7-9-20)26-24(27-23)25-21-15-18(2)14-19(3)16-21/h5-9,14-17H,4,10-13H2,1-3H3,(H,25,26,27). The van der Waals surface area contributed by atoms with Crippen molar-refractivity contribution < 1.29 is 0 Å². The number of hydrogen-bond donors (Lipinski definition) is 1. The van der Waals surface area contributed by atoms with Gasteiger partial charge in [0, 0.05) is 43.5 Å². The van der Waals surface area contributed by atoms with E-state index in [1.54, 1.807) is 0 Å². The highest BCUT2D eigenvalue weighted by Crippen LogP contribution is 2.26. The van der Waals surface area contributed by atoms with Crippen LogP contribution in [0, 0.1) is 13.8 Å². The number of benzene rings is 2. The highest BCUT2D eigenvalue weighted by atomic mass is 15.3. The Bertz CT molecular complexity index is 942. The first-order valence-electron chi connectivity index (χ1n) is 10.4. The minimum Gasteiger partial charge on any atom is -0.354 e. The molecule has 0 aliphatic carbocycles. The van der Waals surface area contributed by atoms with Gasteiger partial charge in [-0.25, -0.2) is 4.98 Å². The van der Waals surface area contributed by atoms with Gasteiger partial charge < -0.3 is 15.1 Å². The molecule has 150 valence electrons. The van der Waals surface area contributed by atoms with Crippen LogP contribution < -0.4 is 10.2 Å². The molecule has 0 saturated carbocycles. The summed E-state index contributed by atoms with van der Waals surface area (Å²) in [6.07, 6.45) is 0. The molecule has 1 N–H and O–H groups in total. The molecule has 1 fully saturated rings. The van der Waals surface area contributed by atoms with Crippen LogP contribution >= 0.6 is 0 Å². The Labute approximate surface area is 173 Å². The van der Waals surface area contributed by atoms with E-state index in [2.05, 4.69) is 72.3 Å². The normalized spacial score (nSPS) is 14.8. The number of piperazine rings is 1. The highest BCUT2D eigenvalue weighted by Gasteiger charge is 2.19. The SMILES string of the molecule is CCN1CCN(c2cc(-c3ccccc3)nc(Nc3cc(C)cc(C)c3)n2)CC1. The summed E-state index contributed by atoms with van der Waals surface area (Å²) in [5.74, 6) is 1.63. The Morgan fingerprint density at radius 1 is 0.862 bits per heavy atom. The maximum Gasteiger partial charge on any atom is 0.229 e. The second-order valence-corrected chi connectivity index (χ2v) is 7.72. The van der Waals surface area contributed by atoms with E-state index in [0.717, 1.165) is 55.5 Å². The number of nitrogens with zero attached hydrogens (tertiary/aromatic N) is 4. The Hall–Kier alpha value is -2.92. The fourth-order valence-electron chi connectivity index (χ4n) is 3.88. The van der Waals surface area contributed by atoms with Crippen LogP contribution in [0.5, 0.6) is 0 Å². The molecule has 1 aliphatic rings. The molecule has 2 heterocycles. The minimum atomic E-state index is 0.643. The van der Waals surface area contributed by atoms with Gasteiger partial charge in [0.05, 0.1) is 5.69 Å². The lowest BCUT2D eigenvalue weighted by molar-refractivity contribution is 0.270. The van der Waals surface area contributed by atoms with E-state index in [9.17, 15) is 0 Å². The summed E-state index contributed by atoms with van der Waals surface area (Å²) < 4.78 is 0. The molecule has 1 aliphatic heterocycles. The Morgan fingerprint density at radius 3 is 2.21 bits per heavy atom. The van der Waals surface area contributed by atoms with E-state index in [4.69, 9.17) is 9.97 Å². The third-order valence-corrected chi connectivity index (χ3v) is 5.40. The molecule has 5 nitrogen and oxygen atoms in total. The van der Waals surface area contributed by atoms with Crippen molar-refractivity contribution in [3.8, 4) is 11.3 Å². The lowest BCUT2D eigenvalue weighted by atomic mass is 10.1. The van der Waals surface area contributed by atoms with Crippen LogP contribution in [0.2, 0.25) is 0 Å². The largest absolute Gasteiger partial charge is 0.354 e. The molecule has 0 radical (unpaired) electrons. The highest BCUT2D eigenvalue weighted by molar-refractivity contribution is 5.67. The number of likely N-dealkylation sites (N-methyl/N-ethyl adjacent to an activating group) is 1. The molecule has 3 aromatic rings. The van der Waals surface area contributed by atoms with E-state index >= 15 is 0 Å². The van der Waals surface area contributed by atoms with Gasteiger partial charge in [-0.15, -0.1) is 0 Å². The van der Waals surface area contributed by atoms with Gasteiger partial charge >= 0.3 is 0 Å². The van der Waals surface area contributed by atoms with Crippen molar-refractivity contribution in [2.24, 2.45) is 0 Å². The van der Waals surface area contributed by atoms with Crippen LogP contribution in [0.15, 0.2) is 54.6 Å². The molecule has 4 rings (SSSR count). The zero-order valence-electron chi connectivity index (χ0n) is 17.5. The van der Waals surface area contributed by atoms with Gasteiger partial charge in [0.2, 0.25) is 5.95 Å². The molecular formula is C24H29N5. The molecule has 0 amide bonds. The van der Waals surface area contributed by atoms with Crippen molar-refractivity contribution in [2.75, 3.05) is 42.9 Å². The maximum atomic E-state index is 4.87. The van der Waals surface area contributed by atoms with E-state index in [-0.39, 0.29) is 0 Å². The summed E-state index contributed by atoms with van der Waals surface area (Å²) in [7, 11) is 0.